The van der Waals surface area contributed by atoms with Crippen molar-refractivity contribution in [3.05, 3.63) is 35.7 Å². The molecule has 0 bridgehead atoms. The Morgan fingerprint density at radius 2 is 2.12 bits per heavy atom. The van der Waals surface area contributed by atoms with Gasteiger partial charge in [-0.2, -0.15) is 0 Å². The fraction of sp³-hybridized carbons (Fsp3) is 0.273. The van der Waals surface area contributed by atoms with Crippen molar-refractivity contribution in [1.29, 1.82) is 0 Å². The molecule has 0 spiro atoms. The van der Waals surface area contributed by atoms with Gasteiger partial charge in [0.2, 0.25) is 5.89 Å². The molecular weight excluding hydrogens is 224 g/mol. The molecule has 0 unspecified atom stereocenters. The number of para-hydroxylation sites is 1. The first kappa shape index (κ1) is 11.0. The van der Waals surface area contributed by atoms with E-state index in [-0.39, 0.29) is 0 Å². The van der Waals surface area contributed by atoms with Crippen LogP contribution in [0.2, 0.25) is 0 Å². The van der Waals surface area contributed by atoms with Crippen molar-refractivity contribution in [3.63, 3.8) is 0 Å². The second-order valence-corrected chi connectivity index (χ2v) is 3.91. The fourth-order valence-corrected chi connectivity index (χ4v) is 1.71. The molecule has 0 radical (unpaired) electrons. The Morgan fingerprint density at radius 3 is 2.81 bits per heavy atom. The lowest BCUT2D eigenvalue weighted by atomic mass is 10.1. The highest BCUT2D eigenvalue weighted by atomic mass is 32.2. The van der Waals surface area contributed by atoms with E-state index in [2.05, 4.69) is 10.2 Å². The van der Waals surface area contributed by atoms with Crippen LogP contribution >= 0.6 is 11.8 Å². The van der Waals surface area contributed by atoms with Crippen molar-refractivity contribution in [3.8, 4) is 5.75 Å². The first-order valence-corrected chi connectivity index (χ1v) is 6.04. The number of thioether (sulfide) groups is 1. The topological polar surface area (TPSA) is 48.2 Å². The summed E-state index contributed by atoms with van der Waals surface area (Å²) in [5.41, 5.74) is 1.04. The van der Waals surface area contributed by atoms with E-state index < -0.39 is 0 Å². The highest BCUT2D eigenvalue weighted by Gasteiger charge is 2.09. The summed E-state index contributed by atoms with van der Waals surface area (Å²) in [6.07, 6.45) is 2.50. The quantitative estimate of drug-likeness (QED) is 0.763. The maximum atomic E-state index is 5.42. The molecule has 84 valence electrons. The third kappa shape index (κ3) is 2.36. The van der Waals surface area contributed by atoms with E-state index in [9.17, 15) is 0 Å². The average Bonchev–Trinajstić information content (AvgIpc) is 2.77. The normalized spacial score (nSPS) is 10.4. The van der Waals surface area contributed by atoms with Crippen LogP contribution in [0.4, 0.5) is 0 Å². The van der Waals surface area contributed by atoms with Crippen LogP contribution in [0.3, 0.4) is 0 Å². The molecule has 1 aromatic heterocycles. The number of methoxy groups -OCH3 is 1. The van der Waals surface area contributed by atoms with Crippen LogP contribution in [0.5, 0.6) is 5.75 Å². The van der Waals surface area contributed by atoms with Crippen molar-refractivity contribution < 1.29 is 9.15 Å². The molecule has 0 aliphatic carbocycles. The number of ether oxygens (including phenoxy) is 1. The van der Waals surface area contributed by atoms with Crippen molar-refractivity contribution in [1.82, 2.24) is 10.2 Å². The maximum Gasteiger partial charge on any atom is 0.276 e. The molecular formula is C11H12N2O2S. The van der Waals surface area contributed by atoms with Crippen LogP contribution in [0, 0.1) is 0 Å². The number of aromatic nitrogens is 2. The molecule has 0 aliphatic rings. The summed E-state index contributed by atoms with van der Waals surface area (Å²) < 4.78 is 10.7. The standard InChI is InChI=1S/C11H12N2O2S/c1-14-9-6-4-3-5-8(9)7-10-12-13-11(15-10)16-2/h3-6H,7H2,1-2H3. The van der Waals surface area contributed by atoms with Crippen LogP contribution in [0.25, 0.3) is 0 Å². The zero-order valence-corrected chi connectivity index (χ0v) is 9.95. The maximum absolute atomic E-state index is 5.42. The highest BCUT2D eigenvalue weighted by molar-refractivity contribution is 7.98. The molecule has 0 saturated carbocycles. The molecule has 1 heterocycles. The number of hydrogen-bond donors (Lipinski definition) is 0. The van der Waals surface area contributed by atoms with E-state index in [0.717, 1.165) is 11.3 Å². The zero-order chi connectivity index (χ0) is 11.4. The molecule has 5 heteroatoms. The average molecular weight is 236 g/mol. The Balaban J connectivity index is 2.19. The Hall–Kier alpha value is -1.49. The minimum atomic E-state index is 0.588. The van der Waals surface area contributed by atoms with Crippen LogP contribution in [0.1, 0.15) is 11.5 Å². The van der Waals surface area contributed by atoms with Crippen LogP contribution in [0.15, 0.2) is 33.9 Å². The van der Waals surface area contributed by atoms with Gasteiger partial charge in [0.1, 0.15) is 5.75 Å². The van der Waals surface area contributed by atoms with Crippen LogP contribution in [-0.2, 0) is 6.42 Å². The molecule has 0 fully saturated rings. The summed E-state index contributed by atoms with van der Waals surface area (Å²) in [4.78, 5) is 0. The number of rotatable bonds is 4. The Labute approximate surface area is 98.0 Å². The molecule has 0 amide bonds. The highest BCUT2D eigenvalue weighted by Crippen LogP contribution is 2.21. The number of hydrogen-bond acceptors (Lipinski definition) is 5. The van der Waals surface area contributed by atoms with Gasteiger partial charge in [0.05, 0.1) is 13.5 Å². The van der Waals surface area contributed by atoms with Gasteiger partial charge in [-0.25, -0.2) is 0 Å². The van der Waals surface area contributed by atoms with E-state index in [0.29, 0.717) is 17.5 Å². The number of nitrogens with zero attached hydrogens (tertiary/aromatic N) is 2. The Morgan fingerprint density at radius 1 is 1.31 bits per heavy atom. The molecule has 2 aromatic rings. The summed E-state index contributed by atoms with van der Waals surface area (Å²) in [5, 5.41) is 8.44. The first-order valence-electron chi connectivity index (χ1n) is 4.81. The van der Waals surface area contributed by atoms with Crippen LogP contribution in [-0.4, -0.2) is 23.6 Å². The molecule has 4 nitrogen and oxygen atoms in total. The second-order valence-electron chi connectivity index (χ2n) is 3.15. The second kappa shape index (κ2) is 5.03. The largest absolute Gasteiger partial charge is 0.496 e. The van der Waals surface area contributed by atoms with Crippen LogP contribution < -0.4 is 4.74 Å². The van der Waals surface area contributed by atoms with Crippen molar-refractivity contribution in [2.24, 2.45) is 0 Å². The van der Waals surface area contributed by atoms with Gasteiger partial charge in [-0.15, -0.1) is 10.2 Å². The van der Waals surface area contributed by atoms with Gasteiger partial charge in [-0.05, 0) is 12.3 Å². The third-order valence-corrected chi connectivity index (χ3v) is 2.67. The first-order chi connectivity index (χ1) is 7.83. The van der Waals surface area contributed by atoms with Gasteiger partial charge in [-0.1, -0.05) is 30.0 Å². The van der Waals surface area contributed by atoms with E-state index in [1.807, 2.05) is 30.5 Å². The van der Waals surface area contributed by atoms with Gasteiger partial charge in [0.25, 0.3) is 5.22 Å². The Bertz CT molecular complexity index is 471. The lowest BCUT2D eigenvalue weighted by molar-refractivity contribution is 0.400. The van der Waals surface area contributed by atoms with E-state index in [1.165, 1.54) is 11.8 Å². The summed E-state index contributed by atoms with van der Waals surface area (Å²) >= 11 is 1.44. The van der Waals surface area contributed by atoms with Gasteiger partial charge in [-0.3, -0.25) is 0 Å². The molecule has 0 saturated heterocycles. The molecule has 1 aromatic carbocycles. The van der Waals surface area contributed by atoms with E-state index >= 15 is 0 Å². The van der Waals surface area contributed by atoms with Crippen molar-refractivity contribution in [2.45, 2.75) is 11.6 Å². The molecule has 16 heavy (non-hydrogen) atoms. The van der Waals surface area contributed by atoms with Gasteiger partial charge in [0, 0.05) is 5.56 Å². The fourth-order valence-electron chi connectivity index (χ4n) is 1.40. The molecule has 0 aliphatic heterocycles. The van der Waals surface area contributed by atoms with Gasteiger partial charge in [0.15, 0.2) is 0 Å². The molecule has 0 atom stereocenters. The predicted molar refractivity (Wildman–Crippen MR) is 61.9 cm³/mol. The molecule has 2 rings (SSSR count). The van der Waals surface area contributed by atoms with E-state index in [4.69, 9.17) is 9.15 Å². The SMILES string of the molecule is COc1ccccc1Cc1nnc(SC)o1. The summed E-state index contributed by atoms with van der Waals surface area (Å²) in [7, 11) is 1.65. The van der Waals surface area contributed by atoms with Gasteiger partial charge >= 0.3 is 0 Å². The summed E-state index contributed by atoms with van der Waals surface area (Å²) in [6, 6.07) is 7.80. The summed E-state index contributed by atoms with van der Waals surface area (Å²) in [5.74, 6) is 1.44. The van der Waals surface area contributed by atoms with E-state index in [1.54, 1.807) is 7.11 Å². The smallest absolute Gasteiger partial charge is 0.276 e. The zero-order valence-electron chi connectivity index (χ0n) is 9.14. The minimum absolute atomic E-state index is 0.588. The third-order valence-electron chi connectivity index (χ3n) is 2.16. The van der Waals surface area contributed by atoms with Crippen molar-refractivity contribution in [2.75, 3.05) is 13.4 Å². The molecule has 0 N–H and O–H groups in total. The monoisotopic (exact) mass is 236 g/mol. The lowest BCUT2D eigenvalue weighted by Gasteiger charge is -2.04. The number of benzene rings is 1. The minimum Gasteiger partial charge on any atom is -0.496 e. The van der Waals surface area contributed by atoms with Crippen molar-refractivity contribution >= 4 is 11.8 Å². The Kier molecular flexibility index (Phi) is 3.46. The summed E-state index contributed by atoms with van der Waals surface area (Å²) in [6.45, 7) is 0. The lowest BCUT2D eigenvalue weighted by Crippen LogP contribution is -1.93. The van der Waals surface area contributed by atoms with Gasteiger partial charge < -0.3 is 9.15 Å². The predicted octanol–water partition coefficient (Wildman–Crippen LogP) is 2.39.